The first-order valence-electron chi connectivity index (χ1n) is 11.0. The maximum atomic E-state index is 5.83. The molecule has 1 aliphatic rings. The molecule has 32 heavy (non-hydrogen) atoms. The van der Waals surface area contributed by atoms with Crippen LogP contribution in [0.4, 0.5) is 0 Å². The second-order valence-electron chi connectivity index (χ2n) is 9.35. The van der Waals surface area contributed by atoms with Crippen molar-refractivity contribution in [3.05, 3.63) is 71.4 Å². The molecule has 4 aromatic rings. The molecule has 0 aliphatic heterocycles. The minimum absolute atomic E-state index is 0.104. The van der Waals surface area contributed by atoms with Gasteiger partial charge in [-0.15, -0.1) is 20.4 Å². The Balaban J connectivity index is 1.49. The number of thioether (sulfide) groups is 1. The molecule has 0 unspecified atom stereocenters. The van der Waals surface area contributed by atoms with Crippen LogP contribution >= 0.6 is 11.8 Å². The third-order valence-corrected chi connectivity index (χ3v) is 6.65. The first-order chi connectivity index (χ1) is 15.4. The molecule has 2 aromatic heterocycles. The highest BCUT2D eigenvalue weighted by molar-refractivity contribution is 7.98. The summed E-state index contributed by atoms with van der Waals surface area (Å²) in [5.74, 6) is 3.24. The molecule has 2 aromatic carbocycles. The Bertz CT molecular complexity index is 1230. The van der Waals surface area contributed by atoms with Crippen LogP contribution in [0.25, 0.3) is 17.1 Å². The van der Waals surface area contributed by atoms with Crippen molar-refractivity contribution < 1.29 is 4.42 Å². The summed E-state index contributed by atoms with van der Waals surface area (Å²) in [6.07, 6.45) is 2.29. The zero-order chi connectivity index (χ0) is 22.3. The maximum absolute atomic E-state index is 5.83. The number of rotatable bonds is 6. The molecule has 0 spiro atoms. The van der Waals surface area contributed by atoms with Gasteiger partial charge in [0.2, 0.25) is 11.8 Å². The molecule has 1 aliphatic carbocycles. The van der Waals surface area contributed by atoms with E-state index in [1.807, 2.05) is 12.1 Å². The van der Waals surface area contributed by atoms with Gasteiger partial charge in [-0.2, -0.15) is 0 Å². The second-order valence-corrected chi connectivity index (χ2v) is 10.3. The molecule has 7 heteroatoms. The predicted octanol–water partition coefficient (Wildman–Crippen LogP) is 6.09. The Kier molecular flexibility index (Phi) is 5.37. The Morgan fingerprint density at radius 1 is 0.969 bits per heavy atom. The predicted molar refractivity (Wildman–Crippen MR) is 126 cm³/mol. The number of hydrogen-bond acceptors (Lipinski definition) is 6. The second kappa shape index (κ2) is 8.20. The van der Waals surface area contributed by atoms with Gasteiger partial charge in [0.05, 0.1) is 11.4 Å². The Morgan fingerprint density at radius 2 is 1.72 bits per heavy atom. The summed E-state index contributed by atoms with van der Waals surface area (Å²) < 4.78 is 7.96. The number of aryl methyl sites for hydroxylation is 1. The van der Waals surface area contributed by atoms with Crippen molar-refractivity contribution >= 4 is 11.8 Å². The lowest BCUT2D eigenvalue weighted by Gasteiger charge is -2.19. The van der Waals surface area contributed by atoms with E-state index < -0.39 is 0 Å². The molecule has 1 saturated carbocycles. The normalized spacial score (nSPS) is 14.1. The Morgan fingerprint density at radius 3 is 2.41 bits per heavy atom. The molecule has 0 radical (unpaired) electrons. The van der Waals surface area contributed by atoms with E-state index >= 15 is 0 Å². The Labute approximate surface area is 192 Å². The van der Waals surface area contributed by atoms with Gasteiger partial charge in [-0.05, 0) is 42.4 Å². The summed E-state index contributed by atoms with van der Waals surface area (Å²) in [5, 5.41) is 18.3. The molecule has 6 nitrogen and oxygen atoms in total. The number of hydrogen-bond donors (Lipinski definition) is 0. The maximum Gasteiger partial charge on any atom is 0.226 e. The SMILES string of the molecule is Cc1ccccc1-n1c(SCc2nnc(C3CC3)o2)nnc1-c1ccc(C(C)(C)C)cc1. The zero-order valence-electron chi connectivity index (χ0n) is 18.9. The van der Waals surface area contributed by atoms with Gasteiger partial charge in [0.1, 0.15) is 0 Å². The van der Waals surface area contributed by atoms with Gasteiger partial charge in [0.15, 0.2) is 11.0 Å². The lowest BCUT2D eigenvalue weighted by molar-refractivity contribution is 0.466. The fraction of sp³-hybridized carbons (Fsp3) is 0.360. The highest BCUT2D eigenvalue weighted by atomic mass is 32.2. The van der Waals surface area contributed by atoms with Crippen LogP contribution in [0.1, 0.15) is 62.4 Å². The van der Waals surface area contributed by atoms with E-state index in [9.17, 15) is 0 Å². The van der Waals surface area contributed by atoms with Crippen LogP contribution in [-0.2, 0) is 11.2 Å². The first-order valence-corrected chi connectivity index (χ1v) is 12.0. The number of benzene rings is 2. The van der Waals surface area contributed by atoms with Crippen molar-refractivity contribution in [2.24, 2.45) is 0 Å². The van der Waals surface area contributed by atoms with E-state index in [4.69, 9.17) is 4.42 Å². The molecule has 0 atom stereocenters. The molecule has 0 saturated heterocycles. The summed E-state index contributed by atoms with van der Waals surface area (Å²) in [7, 11) is 0. The van der Waals surface area contributed by atoms with E-state index in [-0.39, 0.29) is 5.41 Å². The van der Waals surface area contributed by atoms with Crippen LogP contribution in [-0.4, -0.2) is 25.0 Å². The first kappa shape index (κ1) is 20.9. The van der Waals surface area contributed by atoms with Crippen molar-refractivity contribution in [1.29, 1.82) is 0 Å². The third-order valence-electron chi connectivity index (χ3n) is 5.73. The molecule has 1 fully saturated rings. The smallest absolute Gasteiger partial charge is 0.226 e. The summed E-state index contributed by atoms with van der Waals surface area (Å²) >= 11 is 1.57. The number of para-hydroxylation sites is 1. The Hall–Kier alpha value is -2.93. The van der Waals surface area contributed by atoms with Gasteiger partial charge >= 0.3 is 0 Å². The zero-order valence-corrected chi connectivity index (χ0v) is 19.7. The van der Waals surface area contributed by atoms with Gasteiger partial charge < -0.3 is 4.42 Å². The van der Waals surface area contributed by atoms with E-state index in [1.54, 1.807) is 11.8 Å². The van der Waals surface area contributed by atoms with Crippen LogP contribution in [0.5, 0.6) is 0 Å². The molecular weight excluding hydrogens is 418 g/mol. The molecular formula is C25H27N5OS. The van der Waals surface area contributed by atoms with Crippen LogP contribution in [0.2, 0.25) is 0 Å². The quantitative estimate of drug-likeness (QED) is 0.334. The van der Waals surface area contributed by atoms with Crippen LogP contribution < -0.4 is 0 Å². The number of nitrogens with zero attached hydrogens (tertiary/aromatic N) is 5. The summed E-state index contributed by atoms with van der Waals surface area (Å²) in [4.78, 5) is 0. The van der Waals surface area contributed by atoms with Gasteiger partial charge in [-0.1, -0.05) is 75.0 Å². The third kappa shape index (κ3) is 4.21. The lowest BCUT2D eigenvalue weighted by Crippen LogP contribution is -2.10. The highest BCUT2D eigenvalue weighted by Gasteiger charge is 2.29. The van der Waals surface area contributed by atoms with Crippen LogP contribution in [0.15, 0.2) is 58.1 Å². The van der Waals surface area contributed by atoms with E-state index in [0.29, 0.717) is 17.6 Å². The molecule has 164 valence electrons. The monoisotopic (exact) mass is 445 g/mol. The highest BCUT2D eigenvalue weighted by Crippen LogP contribution is 2.39. The van der Waals surface area contributed by atoms with Gasteiger partial charge in [-0.25, -0.2) is 0 Å². The average molecular weight is 446 g/mol. The standard InChI is InChI=1S/C25H27N5OS/c1-16-7-5-6-8-20(16)30-22(17-11-13-19(14-12-17)25(2,3)4)27-29-24(30)32-15-21-26-28-23(31-21)18-9-10-18/h5-8,11-14,18H,9-10,15H2,1-4H3. The molecule has 0 bridgehead atoms. The van der Waals surface area contributed by atoms with E-state index in [2.05, 4.69) is 89.1 Å². The van der Waals surface area contributed by atoms with Crippen molar-refractivity contribution in [3.8, 4) is 17.1 Å². The van der Waals surface area contributed by atoms with E-state index in [1.165, 1.54) is 5.56 Å². The summed E-state index contributed by atoms with van der Waals surface area (Å²) in [6, 6.07) is 16.9. The van der Waals surface area contributed by atoms with Crippen LogP contribution in [0, 0.1) is 6.92 Å². The topological polar surface area (TPSA) is 69.6 Å². The van der Waals surface area contributed by atoms with Crippen molar-refractivity contribution in [1.82, 2.24) is 25.0 Å². The minimum Gasteiger partial charge on any atom is -0.424 e. The average Bonchev–Trinajstić information content (AvgIpc) is 3.37. The summed E-state index contributed by atoms with van der Waals surface area (Å²) in [5.41, 5.74) is 4.66. The largest absolute Gasteiger partial charge is 0.424 e. The fourth-order valence-electron chi connectivity index (χ4n) is 3.65. The summed E-state index contributed by atoms with van der Waals surface area (Å²) in [6.45, 7) is 8.77. The fourth-order valence-corrected chi connectivity index (χ4v) is 4.43. The van der Waals surface area contributed by atoms with Crippen molar-refractivity contribution in [2.45, 2.75) is 62.8 Å². The molecule has 5 rings (SSSR count). The van der Waals surface area contributed by atoms with Crippen LogP contribution in [0.3, 0.4) is 0 Å². The molecule has 2 heterocycles. The van der Waals surface area contributed by atoms with Gasteiger partial charge in [0.25, 0.3) is 0 Å². The van der Waals surface area contributed by atoms with Crippen molar-refractivity contribution in [3.63, 3.8) is 0 Å². The van der Waals surface area contributed by atoms with Crippen molar-refractivity contribution in [2.75, 3.05) is 0 Å². The van der Waals surface area contributed by atoms with Gasteiger partial charge in [0, 0.05) is 11.5 Å². The molecule has 0 N–H and O–H groups in total. The lowest BCUT2D eigenvalue weighted by atomic mass is 9.87. The van der Waals surface area contributed by atoms with Gasteiger partial charge in [-0.3, -0.25) is 4.57 Å². The minimum atomic E-state index is 0.104. The number of aromatic nitrogens is 5. The molecule has 0 amide bonds. The van der Waals surface area contributed by atoms with E-state index in [0.717, 1.165) is 46.5 Å².